The number of hydrogen-bond donors (Lipinski definition) is 2. The second kappa shape index (κ2) is 6.86. The van der Waals surface area contributed by atoms with Crippen molar-refractivity contribution in [3.05, 3.63) is 34.9 Å². The van der Waals surface area contributed by atoms with Gasteiger partial charge < -0.3 is 11.1 Å². The number of rotatable bonds is 7. The number of amides is 1. The van der Waals surface area contributed by atoms with Gasteiger partial charge in [-0.2, -0.15) is 0 Å². The lowest BCUT2D eigenvalue weighted by atomic mass is 10.1. The van der Waals surface area contributed by atoms with E-state index in [1.807, 2.05) is 0 Å². The minimum absolute atomic E-state index is 0.0471. The zero-order valence-electron chi connectivity index (χ0n) is 11.3. The Balaban J connectivity index is 1.69. The van der Waals surface area contributed by atoms with Crippen molar-refractivity contribution < 1.29 is 9.59 Å². The Morgan fingerprint density at radius 2 is 1.90 bits per heavy atom. The lowest BCUT2D eigenvalue weighted by molar-refractivity contribution is -0.121. The third-order valence-corrected chi connectivity index (χ3v) is 3.76. The van der Waals surface area contributed by atoms with E-state index < -0.39 is 0 Å². The van der Waals surface area contributed by atoms with Gasteiger partial charge in [-0.15, -0.1) is 0 Å². The Morgan fingerprint density at radius 1 is 1.25 bits per heavy atom. The minimum Gasteiger partial charge on any atom is -0.355 e. The summed E-state index contributed by atoms with van der Waals surface area (Å²) in [6.45, 7) is 0.499. The molecule has 108 valence electrons. The molecule has 0 saturated heterocycles. The van der Waals surface area contributed by atoms with Crippen molar-refractivity contribution >= 4 is 23.3 Å². The van der Waals surface area contributed by atoms with Crippen LogP contribution in [0.4, 0.5) is 0 Å². The average Bonchev–Trinajstić information content (AvgIpc) is 3.27. The number of nitrogens with two attached hydrogens (primary N) is 1. The molecule has 1 aliphatic rings. The van der Waals surface area contributed by atoms with E-state index in [0.29, 0.717) is 23.0 Å². The van der Waals surface area contributed by atoms with Gasteiger partial charge >= 0.3 is 0 Å². The normalized spacial score (nSPS) is 15.7. The molecule has 1 atom stereocenters. The van der Waals surface area contributed by atoms with Gasteiger partial charge in [0.2, 0.25) is 5.91 Å². The van der Waals surface area contributed by atoms with Crippen LogP contribution in [0.3, 0.4) is 0 Å². The van der Waals surface area contributed by atoms with Gasteiger partial charge in [0.15, 0.2) is 5.78 Å². The predicted octanol–water partition coefficient (Wildman–Crippen LogP) is 2.16. The monoisotopic (exact) mass is 294 g/mol. The first-order chi connectivity index (χ1) is 9.56. The van der Waals surface area contributed by atoms with Crippen molar-refractivity contribution in [2.45, 2.75) is 31.7 Å². The zero-order chi connectivity index (χ0) is 14.5. The number of carbonyl (C=O) groups is 2. The third-order valence-electron chi connectivity index (χ3n) is 3.51. The highest BCUT2D eigenvalue weighted by Gasteiger charge is 2.28. The number of benzene rings is 1. The minimum atomic E-state index is -0.122. The number of carbonyl (C=O) groups excluding carboxylic acids is 2. The quantitative estimate of drug-likeness (QED) is 0.757. The maximum atomic E-state index is 11.9. The lowest BCUT2D eigenvalue weighted by Crippen LogP contribution is -2.38. The van der Waals surface area contributed by atoms with Crippen LogP contribution in [0.5, 0.6) is 0 Å². The fraction of sp³-hybridized carbons (Fsp3) is 0.467. The SMILES string of the molecule is NC(CNC(=O)CCC(=O)c1ccc(Cl)cc1)C1CC1. The molecule has 1 aliphatic carbocycles. The molecule has 0 aromatic heterocycles. The maximum Gasteiger partial charge on any atom is 0.220 e. The van der Waals surface area contributed by atoms with E-state index in [2.05, 4.69) is 5.32 Å². The third kappa shape index (κ3) is 4.62. The lowest BCUT2D eigenvalue weighted by Gasteiger charge is -2.11. The van der Waals surface area contributed by atoms with Gasteiger partial charge in [0.05, 0.1) is 0 Å². The maximum absolute atomic E-state index is 11.9. The van der Waals surface area contributed by atoms with Crippen molar-refractivity contribution in [1.29, 1.82) is 0 Å². The summed E-state index contributed by atoms with van der Waals surface area (Å²) in [5.74, 6) is 0.387. The molecule has 1 saturated carbocycles. The molecule has 0 spiro atoms. The van der Waals surface area contributed by atoms with Crippen molar-refractivity contribution in [3.8, 4) is 0 Å². The molecule has 1 aromatic rings. The predicted molar refractivity (Wildman–Crippen MR) is 78.7 cm³/mol. The van der Waals surface area contributed by atoms with Gasteiger partial charge in [0, 0.05) is 36.0 Å². The smallest absolute Gasteiger partial charge is 0.220 e. The number of Topliss-reactive ketones (excluding diaryl/α,β-unsaturated/α-hetero) is 1. The van der Waals surface area contributed by atoms with Crippen molar-refractivity contribution in [2.24, 2.45) is 11.7 Å². The van der Waals surface area contributed by atoms with Crippen LogP contribution in [0, 0.1) is 5.92 Å². The molecule has 4 nitrogen and oxygen atoms in total. The molecule has 2 rings (SSSR count). The first-order valence-corrected chi connectivity index (χ1v) is 7.25. The number of hydrogen-bond acceptors (Lipinski definition) is 3. The van der Waals surface area contributed by atoms with Crippen LogP contribution in [0.1, 0.15) is 36.0 Å². The summed E-state index contributed by atoms with van der Waals surface area (Å²) in [5, 5.41) is 3.37. The summed E-state index contributed by atoms with van der Waals surface area (Å²) in [6, 6.07) is 6.73. The van der Waals surface area contributed by atoms with Crippen LogP contribution in [-0.4, -0.2) is 24.3 Å². The van der Waals surface area contributed by atoms with Crippen LogP contribution >= 0.6 is 11.6 Å². The first kappa shape index (κ1) is 15.0. The van der Waals surface area contributed by atoms with E-state index in [1.54, 1.807) is 24.3 Å². The van der Waals surface area contributed by atoms with Crippen molar-refractivity contribution in [1.82, 2.24) is 5.32 Å². The summed E-state index contributed by atoms with van der Waals surface area (Å²) >= 11 is 5.76. The molecule has 0 heterocycles. The van der Waals surface area contributed by atoms with Gasteiger partial charge in [-0.3, -0.25) is 9.59 Å². The standard InChI is InChI=1S/C15H19ClN2O2/c16-12-5-3-11(4-6-12)14(19)7-8-15(20)18-9-13(17)10-1-2-10/h3-6,10,13H,1-2,7-9,17H2,(H,18,20). The molecule has 5 heteroatoms. The Kier molecular flexibility index (Phi) is 5.15. The molecule has 0 radical (unpaired) electrons. The number of nitrogens with one attached hydrogen (secondary N) is 1. The van der Waals surface area contributed by atoms with E-state index in [1.165, 1.54) is 0 Å². The fourth-order valence-corrected chi connectivity index (χ4v) is 2.14. The molecule has 3 N–H and O–H groups in total. The van der Waals surface area contributed by atoms with Crippen LogP contribution in [0.15, 0.2) is 24.3 Å². The highest BCUT2D eigenvalue weighted by molar-refractivity contribution is 6.30. The number of ketones is 1. The van der Waals surface area contributed by atoms with Crippen LogP contribution in [0.2, 0.25) is 5.02 Å². The highest BCUT2D eigenvalue weighted by atomic mass is 35.5. The van der Waals surface area contributed by atoms with Crippen molar-refractivity contribution in [2.75, 3.05) is 6.54 Å². The molecule has 0 bridgehead atoms. The van der Waals surface area contributed by atoms with E-state index >= 15 is 0 Å². The fourth-order valence-electron chi connectivity index (χ4n) is 2.02. The summed E-state index contributed by atoms with van der Waals surface area (Å²) in [5.41, 5.74) is 6.47. The molecule has 1 amide bonds. The summed E-state index contributed by atoms with van der Waals surface area (Å²) in [4.78, 5) is 23.5. The van der Waals surface area contributed by atoms with E-state index in [4.69, 9.17) is 17.3 Å². The second-order valence-corrected chi connectivity index (χ2v) is 5.67. The molecule has 0 aliphatic heterocycles. The average molecular weight is 295 g/mol. The van der Waals surface area contributed by atoms with Crippen molar-refractivity contribution in [3.63, 3.8) is 0 Å². The largest absolute Gasteiger partial charge is 0.355 e. The summed E-state index contributed by atoms with van der Waals surface area (Å²) in [7, 11) is 0. The zero-order valence-corrected chi connectivity index (χ0v) is 12.0. The molecule has 1 fully saturated rings. The van der Waals surface area contributed by atoms with Gasteiger partial charge in [0.25, 0.3) is 0 Å². The van der Waals surface area contributed by atoms with Gasteiger partial charge in [0.1, 0.15) is 0 Å². The van der Waals surface area contributed by atoms with Crippen LogP contribution < -0.4 is 11.1 Å². The summed E-state index contributed by atoms with van der Waals surface area (Å²) < 4.78 is 0. The second-order valence-electron chi connectivity index (χ2n) is 5.24. The Bertz CT molecular complexity index is 483. The van der Waals surface area contributed by atoms with Crippen LogP contribution in [0.25, 0.3) is 0 Å². The molecule has 20 heavy (non-hydrogen) atoms. The Labute approximate surface area is 123 Å². The summed E-state index contributed by atoms with van der Waals surface area (Å²) in [6.07, 6.45) is 2.71. The Morgan fingerprint density at radius 3 is 2.50 bits per heavy atom. The van der Waals surface area contributed by atoms with E-state index in [9.17, 15) is 9.59 Å². The molecular weight excluding hydrogens is 276 g/mol. The molecule has 1 aromatic carbocycles. The van der Waals surface area contributed by atoms with E-state index in [-0.39, 0.29) is 30.6 Å². The van der Waals surface area contributed by atoms with Gasteiger partial charge in [-0.1, -0.05) is 11.6 Å². The van der Waals surface area contributed by atoms with Gasteiger partial charge in [-0.05, 0) is 43.0 Å². The van der Waals surface area contributed by atoms with Gasteiger partial charge in [-0.25, -0.2) is 0 Å². The van der Waals surface area contributed by atoms with E-state index in [0.717, 1.165) is 12.8 Å². The first-order valence-electron chi connectivity index (χ1n) is 6.87. The van der Waals surface area contributed by atoms with Crippen LogP contribution in [-0.2, 0) is 4.79 Å². The number of halogens is 1. The topological polar surface area (TPSA) is 72.2 Å². The molecule has 1 unspecified atom stereocenters. The molecular formula is C15H19ClN2O2. The highest BCUT2D eigenvalue weighted by Crippen LogP contribution is 2.31. The Hall–Kier alpha value is -1.39.